The molecule has 0 aromatic heterocycles. The SMILES string of the molecule is CCN(CC)CCCC1C(=O)C2=NC(c3ccccc3)=NC2=C2C=NC(C)(C)C(=O)C21.Cl.Cl. The highest BCUT2D eigenvalue weighted by Gasteiger charge is 2.50. The Hall–Kier alpha value is -2.15. The fourth-order valence-corrected chi connectivity index (χ4v) is 4.64. The van der Waals surface area contributed by atoms with Gasteiger partial charge in [0, 0.05) is 23.3 Å². The van der Waals surface area contributed by atoms with E-state index in [-0.39, 0.29) is 36.4 Å². The number of carbonyl (C=O) groups is 2. The molecular formula is C25H32Cl2N4O2. The highest BCUT2D eigenvalue weighted by molar-refractivity contribution is 6.52. The molecule has 2 heterocycles. The predicted octanol–water partition coefficient (Wildman–Crippen LogP) is 4.35. The molecule has 0 saturated heterocycles. The van der Waals surface area contributed by atoms with Gasteiger partial charge in [-0.3, -0.25) is 14.6 Å². The minimum atomic E-state index is -0.828. The van der Waals surface area contributed by atoms with Gasteiger partial charge >= 0.3 is 0 Å². The molecule has 8 heteroatoms. The summed E-state index contributed by atoms with van der Waals surface area (Å²) in [4.78, 5) is 43.1. The number of ketones is 2. The lowest BCUT2D eigenvalue weighted by Gasteiger charge is -2.37. The van der Waals surface area contributed by atoms with Crippen molar-refractivity contribution in [3.63, 3.8) is 0 Å². The average Bonchev–Trinajstić information content (AvgIpc) is 3.22. The molecule has 0 spiro atoms. The van der Waals surface area contributed by atoms with Crippen LogP contribution in [0.2, 0.25) is 0 Å². The predicted molar refractivity (Wildman–Crippen MR) is 139 cm³/mol. The third-order valence-corrected chi connectivity index (χ3v) is 6.57. The van der Waals surface area contributed by atoms with Crippen molar-refractivity contribution in [1.82, 2.24) is 4.90 Å². The maximum atomic E-state index is 13.6. The van der Waals surface area contributed by atoms with Gasteiger partial charge in [-0.1, -0.05) is 44.2 Å². The Kier molecular flexibility index (Phi) is 8.91. The standard InChI is InChI=1S/C25H30N4O2.2ClH/c1-5-29(6-2)14-10-13-17-19-18(15-26-25(3,4)23(19)31)20-21(22(17)30)28-24(27-20)16-11-8-7-9-12-16;;/h7-9,11-12,15,17,19H,5-6,10,13-14H2,1-4H3;2*1H. The number of hydrogen-bond acceptors (Lipinski definition) is 6. The monoisotopic (exact) mass is 490 g/mol. The molecule has 0 fully saturated rings. The molecule has 1 aromatic carbocycles. The molecular weight excluding hydrogens is 459 g/mol. The minimum Gasteiger partial charge on any atom is -0.304 e. The van der Waals surface area contributed by atoms with Gasteiger partial charge in [0.25, 0.3) is 0 Å². The lowest BCUT2D eigenvalue weighted by Crippen LogP contribution is -2.49. The van der Waals surface area contributed by atoms with E-state index in [4.69, 9.17) is 0 Å². The van der Waals surface area contributed by atoms with Crippen LogP contribution in [0.25, 0.3) is 0 Å². The number of hydrogen-bond donors (Lipinski definition) is 0. The largest absolute Gasteiger partial charge is 0.304 e. The van der Waals surface area contributed by atoms with E-state index < -0.39 is 17.4 Å². The first kappa shape index (κ1) is 27.1. The molecule has 2 unspecified atom stereocenters. The molecule has 1 aliphatic carbocycles. The van der Waals surface area contributed by atoms with Crippen LogP contribution in [0.1, 0.15) is 46.1 Å². The zero-order valence-corrected chi connectivity index (χ0v) is 21.2. The Morgan fingerprint density at radius 3 is 2.30 bits per heavy atom. The first-order valence-corrected chi connectivity index (χ1v) is 11.2. The molecule has 6 nitrogen and oxygen atoms in total. The molecule has 0 radical (unpaired) electrons. The van der Waals surface area contributed by atoms with E-state index in [2.05, 4.69) is 33.7 Å². The molecule has 33 heavy (non-hydrogen) atoms. The van der Waals surface area contributed by atoms with Crippen molar-refractivity contribution < 1.29 is 9.59 Å². The van der Waals surface area contributed by atoms with E-state index >= 15 is 0 Å². The van der Waals surface area contributed by atoms with Crippen molar-refractivity contribution in [2.24, 2.45) is 26.8 Å². The lowest BCUT2D eigenvalue weighted by atomic mass is 9.67. The smallest absolute Gasteiger partial charge is 0.187 e. The fraction of sp³-hybridized carbons (Fsp3) is 0.480. The number of aliphatic imine (C=N–C) groups is 3. The summed E-state index contributed by atoms with van der Waals surface area (Å²) < 4.78 is 0. The van der Waals surface area contributed by atoms with Gasteiger partial charge in [0.15, 0.2) is 17.4 Å². The first-order chi connectivity index (χ1) is 14.9. The van der Waals surface area contributed by atoms with Crippen molar-refractivity contribution in [2.75, 3.05) is 19.6 Å². The molecule has 1 aromatic rings. The van der Waals surface area contributed by atoms with Gasteiger partial charge in [-0.05, 0) is 46.3 Å². The van der Waals surface area contributed by atoms with Crippen LogP contribution in [-0.2, 0) is 9.59 Å². The van der Waals surface area contributed by atoms with Crippen LogP contribution in [0.15, 0.2) is 56.6 Å². The van der Waals surface area contributed by atoms with Crippen LogP contribution in [0.5, 0.6) is 0 Å². The Bertz CT molecular complexity index is 1020. The number of Topliss-reactive ketones (excluding diaryl/α,β-unsaturated/α-hetero) is 2. The van der Waals surface area contributed by atoms with Gasteiger partial charge in [0.2, 0.25) is 0 Å². The molecule has 0 saturated carbocycles. The molecule has 178 valence electrons. The molecule has 0 amide bonds. The zero-order valence-electron chi connectivity index (χ0n) is 19.6. The summed E-state index contributed by atoms with van der Waals surface area (Å²) in [5, 5.41) is 0. The number of allylic oxidation sites excluding steroid dienone is 2. The van der Waals surface area contributed by atoms with Crippen molar-refractivity contribution >= 4 is 54.1 Å². The summed E-state index contributed by atoms with van der Waals surface area (Å²) in [5.41, 5.74) is 1.70. The van der Waals surface area contributed by atoms with Crippen molar-refractivity contribution in [3.05, 3.63) is 47.2 Å². The second-order valence-corrected chi connectivity index (χ2v) is 8.86. The van der Waals surface area contributed by atoms with E-state index in [0.717, 1.165) is 37.2 Å². The Labute approximate surface area is 208 Å². The Morgan fingerprint density at radius 2 is 1.67 bits per heavy atom. The van der Waals surface area contributed by atoms with Gasteiger partial charge in [-0.25, -0.2) is 9.98 Å². The van der Waals surface area contributed by atoms with Crippen LogP contribution in [0.3, 0.4) is 0 Å². The van der Waals surface area contributed by atoms with Crippen LogP contribution < -0.4 is 0 Å². The number of benzene rings is 1. The van der Waals surface area contributed by atoms with E-state index in [1.807, 2.05) is 44.2 Å². The maximum Gasteiger partial charge on any atom is 0.187 e. The summed E-state index contributed by atoms with van der Waals surface area (Å²) in [6, 6.07) is 9.64. The number of rotatable bonds is 7. The van der Waals surface area contributed by atoms with Gasteiger partial charge in [-0.15, -0.1) is 24.8 Å². The van der Waals surface area contributed by atoms with Gasteiger partial charge < -0.3 is 4.90 Å². The number of nitrogens with zero attached hydrogens (tertiary/aromatic N) is 4. The highest BCUT2D eigenvalue weighted by Crippen LogP contribution is 2.41. The second kappa shape index (κ2) is 10.9. The summed E-state index contributed by atoms with van der Waals surface area (Å²) in [7, 11) is 0. The number of halogens is 2. The van der Waals surface area contributed by atoms with Crippen molar-refractivity contribution in [1.29, 1.82) is 0 Å². The highest BCUT2D eigenvalue weighted by atomic mass is 35.5. The number of amidine groups is 1. The quantitative estimate of drug-likeness (QED) is 0.569. The van der Waals surface area contributed by atoms with Crippen LogP contribution in [-0.4, -0.2) is 59.4 Å². The molecule has 4 rings (SSSR count). The summed E-state index contributed by atoms with van der Waals surface area (Å²) >= 11 is 0. The zero-order chi connectivity index (χ0) is 22.2. The van der Waals surface area contributed by atoms with Gasteiger partial charge in [-0.2, -0.15) is 0 Å². The topological polar surface area (TPSA) is 74.5 Å². The molecule has 2 atom stereocenters. The fourth-order valence-electron chi connectivity index (χ4n) is 4.64. The van der Waals surface area contributed by atoms with Gasteiger partial charge in [0.05, 0.1) is 5.92 Å². The van der Waals surface area contributed by atoms with Crippen molar-refractivity contribution in [3.8, 4) is 0 Å². The number of carbonyl (C=O) groups excluding carboxylic acids is 2. The van der Waals surface area contributed by atoms with E-state index in [9.17, 15) is 9.59 Å². The summed E-state index contributed by atoms with van der Waals surface area (Å²) in [6.45, 7) is 10.8. The van der Waals surface area contributed by atoms with Crippen molar-refractivity contribution in [2.45, 2.75) is 46.1 Å². The van der Waals surface area contributed by atoms with E-state index in [1.165, 1.54) is 0 Å². The molecule has 0 N–H and O–H groups in total. The van der Waals surface area contributed by atoms with Crippen LogP contribution in [0, 0.1) is 11.8 Å². The third kappa shape index (κ3) is 5.03. The number of fused-ring (bicyclic) bond motifs is 2. The summed E-state index contributed by atoms with van der Waals surface area (Å²) in [6.07, 6.45) is 3.28. The molecule has 0 bridgehead atoms. The normalized spacial score (nSPS) is 22.8. The third-order valence-electron chi connectivity index (χ3n) is 6.57. The molecule has 3 aliphatic rings. The summed E-state index contributed by atoms with van der Waals surface area (Å²) in [5.74, 6) is -0.431. The van der Waals surface area contributed by atoms with E-state index in [1.54, 1.807) is 6.21 Å². The first-order valence-electron chi connectivity index (χ1n) is 11.2. The molecule has 2 aliphatic heterocycles. The minimum absolute atomic E-state index is 0. The van der Waals surface area contributed by atoms with Crippen LogP contribution >= 0.6 is 24.8 Å². The van der Waals surface area contributed by atoms with Crippen LogP contribution in [0.4, 0.5) is 0 Å². The average molecular weight is 491 g/mol. The Balaban J connectivity index is 0.00000193. The van der Waals surface area contributed by atoms with Gasteiger partial charge in [0.1, 0.15) is 16.9 Å². The Morgan fingerprint density at radius 1 is 1.00 bits per heavy atom. The lowest BCUT2D eigenvalue weighted by molar-refractivity contribution is -0.131. The van der Waals surface area contributed by atoms with E-state index in [0.29, 0.717) is 23.7 Å². The maximum absolute atomic E-state index is 13.6. The second-order valence-electron chi connectivity index (χ2n) is 8.86.